The molecule has 0 aliphatic rings. The molecule has 0 spiro atoms. The number of halogens is 1. The molecule has 82 valence electrons. The Labute approximate surface area is 97.2 Å². The second kappa shape index (κ2) is 5.16. The van der Waals surface area contributed by atoms with Crippen molar-refractivity contribution in [2.75, 3.05) is 7.11 Å². The molecule has 3 nitrogen and oxygen atoms in total. The van der Waals surface area contributed by atoms with Gasteiger partial charge in [0.15, 0.2) is 0 Å². The molecule has 1 aromatic rings. The summed E-state index contributed by atoms with van der Waals surface area (Å²) in [5.74, 6) is -0.0981. The Morgan fingerprint density at radius 2 is 2.13 bits per heavy atom. The summed E-state index contributed by atoms with van der Waals surface area (Å²) in [6.45, 7) is 1.94. The monoisotopic (exact) mass is 272 g/mol. The summed E-state index contributed by atoms with van der Waals surface area (Å²) < 4.78 is 5.16. The largest absolute Gasteiger partial charge is 0.496 e. The van der Waals surface area contributed by atoms with Crippen LogP contribution in [-0.2, 0) is 16.5 Å². The topological polar surface area (TPSA) is 46.5 Å². The maximum Gasteiger partial charge on any atom is 0.307 e. The maximum atomic E-state index is 10.7. The van der Waals surface area contributed by atoms with Gasteiger partial charge in [0, 0.05) is 5.33 Å². The number of hydrogen-bond donors (Lipinski definition) is 1. The van der Waals surface area contributed by atoms with Crippen molar-refractivity contribution < 1.29 is 14.6 Å². The Balaban J connectivity index is 3.16. The van der Waals surface area contributed by atoms with Crippen molar-refractivity contribution in [3.05, 3.63) is 28.8 Å². The molecule has 0 bridgehead atoms. The number of aryl methyl sites for hydroxylation is 1. The third-order valence-corrected chi connectivity index (χ3v) is 2.81. The van der Waals surface area contributed by atoms with Crippen LogP contribution in [0.3, 0.4) is 0 Å². The Bertz CT molecular complexity index is 374. The average Bonchev–Trinajstić information content (AvgIpc) is 2.19. The van der Waals surface area contributed by atoms with Crippen molar-refractivity contribution >= 4 is 21.9 Å². The van der Waals surface area contributed by atoms with Gasteiger partial charge >= 0.3 is 5.97 Å². The highest BCUT2D eigenvalue weighted by molar-refractivity contribution is 9.08. The summed E-state index contributed by atoms with van der Waals surface area (Å²) in [7, 11) is 1.58. The first-order valence-electron chi connectivity index (χ1n) is 4.52. The van der Waals surface area contributed by atoms with E-state index in [0.717, 1.165) is 22.4 Å². The van der Waals surface area contributed by atoms with Gasteiger partial charge in [-0.25, -0.2) is 0 Å². The van der Waals surface area contributed by atoms with Crippen LogP contribution in [-0.4, -0.2) is 18.2 Å². The molecular weight excluding hydrogens is 260 g/mol. The van der Waals surface area contributed by atoms with E-state index in [-0.39, 0.29) is 6.42 Å². The molecule has 0 radical (unpaired) electrons. The number of benzene rings is 1. The number of hydrogen-bond acceptors (Lipinski definition) is 2. The molecule has 0 saturated carbocycles. The van der Waals surface area contributed by atoms with Crippen molar-refractivity contribution in [1.82, 2.24) is 0 Å². The quantitative estimate of drug-likeness (QED) is 0.857. The SMILES string of the molecule is COc1cc(CC(=O)O)c(CBr)cc1C. The first kappa shape index (κ1) is 12.0. The van der Waals surface area contributed by atoms with Gasteiger partial charge < -0.3 is 9.84 Å². The lowest BCUT2D eigenvalue weighted by Crippen LogP contribution is -2.04. The van der Waals surface area contributed by atoms with Crippen LogP contribution in [0.25, 0.3) is 0 Å². The standard InChI is InChI=1S/C11H13BrO3/c1-7-3-9(6-12)8(5-11(13)14)4-10(7)15-2/h3-4H,5-6H2,1-2H3,(H,13,14). The number of carbonyl (C=O) groups is 1. The number of ether oxygens (including phenoxy) is 1. The molecule has 1 N–H and O–H groups in total. The first-order chi connectivity index (χ1) is 7.08. The minimum Gasteiger partial charge on any atom is -0.496 e. The van der Waals surface area contributed by atoms with Crippen LogP contribution in [0, 0.1) is 6.92 Å². The zero-order chi connectivity index (χ0) is 11.4. The highest BCUT2D eigenvalue weighted by Gasteiger charge is 2.10. The van der Waals surface area contributed by atoms with Crippen molar-refractivity contribution in [3.63, 3.8) is 0 Å². The Morgan fingerprint density at radius 3 is 2.60 bits per heavy atom. The summed E-state index contributed by atoms with van der Waals surface area (Å²) in [6.07, 6.45) is 0.0254. The average molecular weight is 273 g/mol. The number of alkyl halides is 1. The van der Waals surface area contributed by atoms with E-state index < -0.39 is 5.97 Å². The number of rotatable bonds is 4. The predicted octanol–water partition coefficient (Wildman–Crippen LogP) is 2.53. The number of aliphatic carboxylic acids is 1. The zero-order valence-corrected chi connectivity index (χ0v) is 10.3. The third kappa shape index (κ3) is 2.96. The molecule has 0 unspecified atom stereocenters. The minimum absolute atomic E-state index is 0.0254. The normalized spacial score (nSPS) is 10.1. The van der Waals surface area contributed by atoms with Crippen molar-refractivity contribution in [2.45, 2.75) is 18.7 Å². The molecule has 0 aliphatic heterocycles. The van der Waals surface area contributed by atoms with Crippen LogP contribution in [0.2, 0.25) is 0 Å². The van der Waals surface area contributed by atoms with E-state index in [1.54, 1.807) is 13.2 Å². The highest BCUT2D eigenvalue weighted by Crippen LogP contribution is 2.24. The van der Waals surface area contributed by atoms with E-state index in [2.05, 4.69) is 15.9 Å². The van der Waals surface area contributed by atoms with Gasteiger partial charge in [-0.3, -0.25) is 4.79 Å². The van der Waals surface area contributed by atoms with Crippen LogP contribution in [0.15, 0.2) is 12.1 Å². The lowest BCUT2D eigenvalue weighted by molar-refractivity contribution is -0.136. The lowest BCUT2D eigenvalue weighted by Gasteiger charge is -2.10. The van der Waals surface area contributed by atoms with E-state index in [0.29, 0.717) is 5.33 Å². The van der Waals surface area contributed by atoms with Crippen molar-refractivity contribution in [3.8, 4) is 5.75 Å². The molecule has 15 heavy (non-hydrogen) atoms. The fraction of sp³-hybridized carbons (Fsp3) is 0.364. The summed E-state index contributed by atoms with van der Waals surface area (Å²) >= 11 is 3.35. The van der Waals surface area contributed by atoms with Crippen molar-refractivity contribution in [2.24, 2.45) is 0 Å². The molecule has 0 atom stereocenters. The first-order valence-corrected chi connectivity index (χ1v) is 5.64. The highest BCUT2D eigenvalue weighted by atomic mass is 79.9. The molecule has 0 saturated heterocycles. The summed E-state index contributed by atoms with van der Waals surface area (Å²) in [6, 6.07) is 3.74. The van der Waals surface area contributed by atoms with Crippen molar-refractivity contribution in [1.29, 1.82) is 0 Å². The van der Waals surface area contributed by atoms with E-state index in [4.69, 9.17) is 9.84 Å². The molecule has 0 aliphatic carbocycles. The smallest absolute Gasteiger partial charge is 0.307 e. The summed E-state index contributed by atoms with van der Waals surface area (Å²) in [5.41, 5.74) is 2.80. The Morgan fingerprint density at radius 1 is 1.47 bits per heavy atom. The van der Waals surface area contributed by atoms with Gasteiger partial charge in [-0.15, -0.1) is 0 Å². The van der Waals surface area contributed by atoms with Gasteiger partial charge in [-0.05, 0) is 29.7 Å². The fourth-order valence-corrected chi connectivity index (χ4v) is 1.98. The fourth-order valence-electron chi connectivity index (χ4n) is 1.46. The molecule has 0 aromatic heterocycles. The van der Waals surface area contributed by atoms with Crippen LogP contribution >= 0.6 is 15.9 Å². The third-order valence-electron chi connectivity index (χ3n) is 2.20. The second-order valence-corrected chi connectivity index (χ2v) is 3.86. The van der Waals surface area contributed by atoms with Crippen LogP contribution in [0.5, 0.6) is 5.75 Å². The number of carboxylic acid groups (broad SMARTS) is 1. The minimum atomic E-state index is -0.830. The lowest BCUT2D eigenvalue weighted by atomic mass is 10.0. The van der Waals surface area contributed by atoms with Gasteiger partial charge in [0.25, 0.3) is 0 Å². The maximum absolute atomic E-state index is 10.7. The van der Waals surface area contributed by atoms with E-state index in [1.807, 2.05) is 13.0 Å². The Kier molecular flexibility index (Phi) is 4.15. The molecule has 1 aromatic carbocycles. The van der Waals surface area contributed by atoms with E-state index >= 15 is 0 Å². The summed E-state index contributed by atoms with van der Waals surface area (Å²) in [4.78, 5) is 10.7. The molecule has 4 heteroatoms. The second-order valence-electron chi connectivity index (χ2n) is 3.29. The number of methoxy groups -OCH3 is 1. The van der Waals surface area contributed by atoms with E-state index in [1.165, 1.54) is 0 Å². The van der Waals surface area contributed by atoms with Gasteiger partial charge in [0.2, 0.25) is 0 Å². The molecule has 0 amide bonds. The van der Waals surface area contributed by atoms with Crippen LogP contribution in [0.4, 0.5) is 0 Å². The number of carboxylic acids is 1. The van der Waals surface area contributed by atoms with Gasteiger partial charge in [0.05, 0.1) is 13.5 Å². The molecule has 0 fully saturated rings. The molecular formula is C11H13BrO3. The predicted molar refractivity (Wildman–Crippen MR) is 61.7 cm³/mol. The molecule has 0 heterocycles. The van der Waals surface area contributed by atoms with Gasteiger partial charge in [-0.1, -0.05) is 22.0 Å². The van der Waals surface area contributed by atoms with Crippen LogP contribution < -0.4 is 4.74 Å². The zero-order valence-electron chi connectivity index (χ0n) is 8.71. The Hall–Kier alpha value is -1.03. The van der Waals surface area contributed by atoms with E-state index in [9.17, 15) is 4.79 Å². The van der Waals surface area contributed by atoms with Gasteiger partial charge in [0.1, 0.15) is 5.75 Å². The summed E-state index contributed by atoms with van der Waals surface area (Å²) in [5, 5.41) is 9.42. The molecule has 1 rings (SSSR count). The van der Waals surface area contributed by atoms with Crippen LogP contribution in [0.1, 0.15) is 16.7 Å². The van der Waals surface area contributed by atoms with Gasteiger partial charge in [-0.2, -0.15) is 0 Å².